The maximum atomic E-state index is 5.87. The summed E-state index contributed by atoms with van der Waals surface area (Å²) in [5, 5.41) is 0. The summed E-state index contributed by atoms with van der Waals surface area (Å²) in [5.41, 5.74) is 10.1. The van der Waals surface area contributed by atoms with Gasteiger partial charge in [-0.1, -0.05) is 29.9 Å². The first-order valence-electron chi connectivity index (χ1n) is 6.64. The first kappa shape index (κ1) is 14.5. The molecule has 0 bridgehead atoms. The number of pyridine rings is 1. The van der Waals surface area contributed by atoms with Gasteiger partial charge in [0.1, 0.15) is 10.8 Å². The normalized spacial score (nSPS) is 10.3. The van der Waals surface area contributed by atoms with Crippen molar-refractivity contribution in [1.29, 1.82) is 0 Å². The molecule has 0 fully saturated rings. The Hall–Kier alpha value is -1.94. The first-order valence-corrected chi connectivity index (χ1v) is 7.05. The van der Waals surface area contributed by atoms with Gasteiger partial charge in [-0.2, -0.15) is 0 Å². The van der Waals surface area contributed by atoms with Crippen LogP contribution in [0.3, 0.4) is 0 Å². The summed E-state index contributed by atoms with van der Waals surface area (Å²) in [7, 11) is 0. The second-order valence-corrected chi connectivity index (χ2v) is 5.21. The van der Waals surface area contributed by atoms with Gasteiger partial charge in [-0.05, 0) is 44.5 Å². The Morgan fingerprint density at radius 1 is 1.20 bits per heavy atom. The van der Waals surface area contributed by atoms with Crippen LogP contribution < -0.4 is 10.6 Å². The molecule has 1 heterocycles. The van der Waals surface area contributed by atoms with Gasteiger partial charge in [-0.15, -0.1) is 0 Å². The number of nitrogens with zero attached hydrogens (tertiary/aromatic N) is 2. The quantitative estimate of drug-likeness (QED) is 0.873. The van der Waals surface area contributed by atoms with Crippen LogP contribution in [0.4, 0.5) is 11.5 Å². The van der Waals surface area contributed by atoms with Crippen LogP contribution in [0.5, 0.6) is 0 Å². The molecule has 0 saturated carbocycles. The standard InChI is InChI=1S/C16H19N3S/c1-4-19(13-7-5-11(2)6-8-13)16-14(15(17)20)12(3)9-10-18-16/h5-10H,4H2,1-3H3,(H2,17,20). The van der Waals surface area contributed by atoms with Crippen LogP contribution in [0, 0.1) is 13.8 Å². The van der Waals surface area contributed by atoms with Crippen molar-refractivity contribution in [2.45, 2.75) is 20.8 Å². The van der Waals surface area contributed by atoms with Crippen molar-refractivity contribution in [3.8, 4) is 0 Å². The molecule has 0 aliphatic carbocycles. The molecule has 0 spiro atoms. The second kappa shape index (κ2) is 6.01. The fraction of sp³-hybridized carbons (Fsp3) is 0.250. The number of nitrogens with two attached hydrogens (primary N) is 1. The smallest absolute Gasteiger partial charge is 0.143 e. The predicted octanol–water partition coefficient (Wildman–Crippen LogP) is 3.49. The molecule has 0 amide bonds. The number of aryl methyl sites for hydroxylation is 2. The zero-order valence-electron chi connectivity index (χ0n) is 12.1. The maximum Gasteiger partial charge on any atom is 0.143 e. The molecular formula is C16H19N3S. The third-order valence-electron chi connectivity index (χ3n) is 3.30. The van der Waals surface area contributed by atoms with E-state index in [1.54, 1.807) is 6.20 Å². The van der Waals surface area contributed by atoms with Crippen molar-refractivity contribution in [3.05, 3.63) is 53.2 Å². The highest BCUT2D eigenvalue weighted by Gasteiger charge is 2.16. The molecule has 20 heavy (non-hydrogen) atoms. The zero-order chi connectivity index (χ0) is 14.7. The SMILES string of the molecule is CCN(c1ccc(C)cc1)c1nccc(C)c1C(N)=S. The first-order chi connectivity index (χ1) is 9.54. The summed E-state index contributed by atoms with van der Waals surface area (Å²) in [6.07, 6.45) is 1.79. The fourth-order valence-corrected chi connectivity index (χ4v) is 2.48. The zero-order valence-corrected chi connectivity index (χ0v) is 12.9. The van der Waals surface area contributed by atoms with Crippen molar-refractivity contribution in [2.24, 2.45) is 5.73 Å². The molecule has 0 saturated heterocycles. The van der Waals surface area contributed by atoms with Crippen molar-refractivity contribution in [3.63, 3.8) is 0 Å². The molecule has 2 aromatic rings. The van der Waals surface area contributed by atoms with E-state index in [1.807, 2.05) is 13.0 Å². The molecule has 0 unspecified atom stereocenters. The number of benzene rings is 1. The van der Waals surface area contributed by atoms with Crippen molar-refractivity contribution in [1.82, 2.24) is 4.98 Å². The van der Waals surface area contributed by atoms with E-state index in [9.17, 15) is 0 Å². The van der Waals surface area contributed by atoms with E-state index in [2.05, 4.69) is 48.0 Å². The lowest BCUT2D eigenvalue weighted by atomic mass is 10.1. The average molecular weight is 285 g/mol. The molecule has 0 aliphatic heterocycles. The molecule has 1 aromatic carbocycles. The van der Waals surface area contributed by atoms with Crippen molar-refractivity contribution < 1.29 is 0 Å². The minimum absolute atomic E-state index is 0.385. The summed E-state index contributed by atoms with van der Waals surface area (Å²) in [6, 6.07) is 10.3. The number of thiocarbonyl (C=S) groups is 1. The Morgan fingerprint density at radius 2 is 1.85 bits per heavy atom. The molecular weight excluding hydrogens is 266 g/mol. The van der Waals surface area contributed by atoms with Crippen LogP contribution in [0.15, 0.2) is 36.5 Å². The highest BCUT2D eigenvalue weighted by atomic mass is 32.1. The molecule has 1 aromatic heterocycles. The minimum Gasteiger partial charge on any atom is -0.389 e. The van der Waals surface area contributed by atoms with Gasteiger partial charge in [-0.25, -0.2) is 4.98 Å². The Labute approximate surface area is 125 Å². The van der Waals surface area contributed by atoms with E-state index in [4.69, 9.17) is 18.0 Å². The van der Waals surface area contributed by atoms with Crippen molar-refractivity contribution >= 4 is 28.7 Å². The van der Waals surface area contributed by atoms with Crippen LogP contribution >= 0.6 is 12.2 Å². The van der Waals surface area contributed by atoms with Crippen LogP contribution in [0.2, 0.25) is 0 Å². The Morgan fingerprint density at radius 3 is 2.40 bits per heavy atom. The molecule has 2 N–H and O–H groups in total. The molecule has 3 nitrogen and oxygen atoms in total. The van der Waals surface area contributed by atoms with Gasteiger partial charge in [0.15, 0.2) is 0 Å². The fourth-order valence-electron chi connectivity index (χ4n) is 2.23. The van der Waals surface area contributed by atoms with E-state index in [-0.39, 0.29) is 0 Å². The number of anilines is 2. The van der Waals surface area contributed by atoms with Crippen molar-refractivity contribution in [2.75, 3.05) is 11.4 Å². The lowest BCUT2D eigenvalue weighted by Gasteiger charge is -2.25. The van der Waals surface area contributed by atoms with Gasteiger partial charge in [0.2, 0.25) is 0 Å². The third-order valence-corrected chi connectivity index (χ3v) is 3.51. The Balaban J connectivity index is 2.55. The lowest BCUT2D eigenvalue weighted by molar-refractivity contribution is 0.983. The minimum atomic E-state index is 0.385. The van der Waals surface area contributed by atoms with Crippen LogP contribution in [-0.4, -0.2) is 16.5 Å². The van der Waals surface area contributed by atoms with Gasteiger partial charge in [0.05, 0.1) is 5.56 Å². The van der Waals surface area contributed by atoms with Gasteiger partial charge >= 0.3 is 0 Å². The average Bonchev–Trinajstić information content (AvgIpc) is 2.41. The van der Waals surface area contributed by atoms with E-state index in [0.29, 0.717) is 4.99 Å². The summed E-state index contributed by atoms with van der Waals surface area (Å²) in [6.45, 7) is 6.97. The van der Waals surface area contributed by atoms with Crippen LogP contribution in [-0.2, 0) is 0 Å². The van der Waals surface area contributed by atoms with Crippen LogP contribution in [0.25, 0.3) is 0 Å². The molecule has 4 heteroatoms. The second-order valence-electron chi connectivity index (χ2n) is 4.77. The number of rotatable bonds is 4. The predicted molar refractivity (Wildman–Crippen MR) is 88.7 cm³/mol. The van der Waals surface area contributed by atoms with E-state index in [1.165, 1.54) is 5.56 Å². The highest BCUT2D eigenvalue weighted by Crippen LogP contribution is 2.28. The number of aromatic nitrogens is 1. The van der Waals surface area contributed by atoms with Gasteiger partial charge in [0, 0.05) is 18.4 Å². The summed E-state index contributed by atoms with van der Waals surface area (Å²) >= 11 is 5.19. The summed E-state index contributed by atoms with van der Waals surface area (Å²) in [4.78, 5) is 7.00. The highest BCUT2D eigenvalue weighted by molar-refractivity contribution is 7.80. The summed E-state index contributed by atoms with van der Waals surface area (Å²) < 4.78 is 0. The Bertz CT molecular complexity index is 620. The van der Waals surface area contributed by atoms with Gasteiger partial charge < -0.3 is 10.6 Å². The molecule has 104 valence electrons. The van der Waals surface area contributed by atoms with E-state index < -0.39 is 0 Å². The number of hydrogen-bond donors (Lipinski definition) is 1. The maximum absolute atomic E-state index is 5.87. The molecule has 0 aliphatic rings. The largest absolute Gasteiger partial charge is 0.389 e. The topological polar surface area (TPSA) is 42.2 Å². The molecule has 0 atom stereocenters. The summed E-state index contributed by atoms with van der Waals surface area (Å²) in [5.74, 6) is 0.823. The van der Waals surface area contributed by atoms with E-state index in [0.717, 1.165) is 29.2 Å². The third kappa shape index (κ3) is 2.80. The number of hydrogen-bond acceptors (Lipinski definition) is 3. The molecule has 2 rings (SSSR count). The monoisotopic (exact) mass is 285 g/mol. The van der Waals surface area contributed by atoms with Crippen LogP contribution in [0.1, 0.15) is 23.6 Å². The van der Waals surface area contributed by atoms with E-state index >= 15 is 0 Å². The Kier molecular flexibility index (Phi) is 4.35. The van der Waals surface area contributed by atoms with Gasteiger partial charge in [0.25, 0.3) is 0 Å². The van der Waals surface area contributed by atoms with Gasteiger partial charge in [-0.3, -0.25) is 0 Å². The molecule has 0 radical (unpaired) electrons. The lowest BCUT2D eigenvalue weighted by Crippen LogP contribution is -2.23.